The minimum Gasteiger partial charge on any atom is -0.496 e. The molecule has 0 saturated carbocycles. The topological polar surface area (TPSA) is 49.7 Å². The molecule has 1 aromatic carbocycles. The third-order valence-electron chi connectivity index (χ3n) is 3.75. The van der Waals surface area contributed by atoms with E-state index in [4.69, 9.17) is 14.9 Å². The van der Waals surface area contributed by atoms with E-state index in [-0.39, 0.29) is 19.1 Å². The summed E-state index contributed by atoms with van der Waals surface area (Å²) in [5, 5.41) is 18.2. The predicted molar refractivity (Wildman–Crippen MR) is 73.2 cm³/mol. The second-order valence-electron chi connectivity index (χ2n) is 4.89. The number of ether oxygens (including phenoxy) is 1. The average molecular weight is 252 g/mol. The van der Waals surface area contributed by atoms with Gasteiger partial charge in [-0.15, -0.1) is 0 Å². The number of hydrogen-bond acceptors (Lipinski definition) is 3. The third-order valence-corrected chi connectivity index (χ3v) is 3.75. The van der Waals surface area contributed by atoms with Crippen LogP contribution in [0, 0.1) is 26.7 Å². The molecule has 1 rings (SSSR count). The van der Waals surface area contributed by atoms with Crippen molar-refractivity contribution in [3.05, 3.63) is 28.3 Å². The summed E-state index contributed by atoms with van der Waals surface area (Å²) in [6.45, 7) is 6.34. The van der Waals surface area contributed by atoms with Crippen molar-refractivity contribution in [2.45, 2.75) is 33.6 Å². The van der Waals surface area contributed by atoms with Crippen molar-refractivity contribution < 1.29 is 14.9 Å². The molecule has 0 radical (unpaired) electrons. The molecule has 2 N–H and O–H groups in total. The van der Waals surface area contributed by atoms with Crippen molar-refractivity contribution >= 4 is 0 Å². The first-order chi connectivity index (χ1) is 8.54. The Hall–Kier alpha value is -1.06. The van der Waals surface area contributed by atoms with Gasteiger partial charge in [0.25, 0.3) is 0 Å². The Bertz CT molecular complexity index is 395. The summed E-state index contributed by atoms with van der Waals surface area (Å²) in [4.78, 5) is 0. The second-order valence-corrected chi connectivity index (χ2v) is 4.89. The van der Waals surface area contributed by atoms with E-state index in [1.807, 2.05) is 0 Å². The molecule has 0 aliphatic carbocycles. The molecule has 0 bridgehead atoms. The first-order valence-corrected chi connectivity index (χ1v) is 6.40. The molecule has 0 heterocycles. The fraction of sp³-hybridized carbons (Fsp3) is 0.600. The molecule has 3 heteroatoms. The zero-order chi connectivity index (χ0) is 13.7. The minimum absolute atomic E-state index is 0.0220. The standard InChI is InChI=1S/C15H24O3/c1-10-7-15(18-4)12(3)11(2)14(10)6-5-13(8-16)9-17/h7,13,16-17H,5-6,8-9H2,1-4H3. The Balaban J connectivity index is 2.92. The van der Waals surface area contributed by atoms with Gasteiger partial charge in [-0.05, 0) is 61.9 Å². The molecule has 0 fully saturated rings. The molecule has 0 unspecified atom stereocenters. The summed E-state index contributed by atoms with van der Waals surface area (Å²) >= 11 is 0. The van der Waals surface area contributed by atoms with Crippen molar-refractivity contribution in [1.29, 1.82) is 0 Å². The highest BCUT2D eigenvalue weighted by Gasteiger charge is 2.13. The highest BCUT2D eigenvalue weighted by atomic mass is 16.5. The van der Waals surface area contributed by atoms with Crippen molar-refractivity contribution in [3.63, 3.8) is 0 Å². The summed E-state index contributed by atoms with van der Waals surface area (Å²) in [6.07, 6.45) is 1.69. The van der Waals surface area contributed by atoms with Crippen LogP contribution in [0.2, 0.25) is 0 Å². The van der Waals surface area contributed by atoms with E-state index in [0.717, 1.165) is 18.6 Å². The molecule has 0 saturated heterocycles. The van der Waals surface area contributed by atoms with Crippen LogP contribution in [0.15, 0.2) is 6.07 Å². The highest BCUT2D eigenvalue weighted by Crippen LogP contribution is 2.28. The van der Waals surface area contributed by atoms with E-state index in [2.05, 4.69) is 26.8 Å². The van der Waals surface area contributed by atoms with Gasteiger partial charge in [0.15, 0.2) is 0 Å². The van der Waals surface area contributed by atoms with Crippen molar-refractivity contribution in [1.82, 2.24) is 0 Å². The molecule has 0 aliphatic rings. The largest absolute Gasteiger partial charge is 0.496 e. The number of hydrogen-bond donors (Lipinski definition) is 2. The van der Waals surface area contributed by atoms with Crippen LogP contribution < -0.4 is 4.74 Å². The minimum atomic E-state index is -0.0220. The van der Waals surface area contributed by atoms with E-state index in [9.17, 15) is 0 Å². The number of aliphatic hydroxyl groups excluding tert-OH is 2. The van der Waals surface area contributed by atoms with Gasteiger partial charge in [-0.1, -0.05) is 0 Å². The zero-order valence-corrected chi connectivity index (χ0v) is 11.8. The van der Waals surface area contributed by atoms with Crippen LogP contribution in [0.5, 0.6) is 5.75 Å². The van der Waals surface area contributed by atoms with Crippen molar-refractivity contribution in [2.75, 3.05) is 20.3 Å². The molecular formula is C15H24O3. The van der Waals surface area contributed by atoms with Gasteiger partial charge in [0, 0.05) is 19.1 Å². The summed E-state index contributed by atoms with van der Waals surface area (Å²) in [5.41, 5.74) is 4.94. The Morgan fingerprint density at radius 3 is 2.22 bits per heavy atom. The van der Waals surface area contributed by atoms with Gasteiger partial charge in [-0.2, -0.15) is 0 Å². The van der Waals surface area contributed by atoms with E-state index in [1.165, 1.54) is 22.3 Å². The fourth-order valence-electron chi connectivity index (χ4n) is 2.28. The van der Waals surface area contributed by atoms with Gasteiger partial charge in [0.05, 0.1) is 7.11 Å². The quantitative estimate of drug-likeness (QED) is 0.815. The lowest BCUT2D eigenvalue weighted by molar-refractivity contribution is 0.144. The molecule has 0 aromatic heterocycles. The van der Waals surface area contributed by atoms with Gasteiger partial charge < -0.3 is 14.9 Å². The molecule has 0 amide bonds. The second kappa shape index (κ2) is 6.76. The number of benzene rings is 1. The smallest absolute Gasteiger partial charge is 0.122 e. The van der Waals surface area contributed by atoms with Crippen molar-refractivity contribution in [3.8, 4) is 5.75 Å². The van der Waals surface area contributed by atoms with Crippen LogP contribution in [-0.2, 0) is 6.42 Å². The summed E-state index contributed by atoms with van der Waals surface area (Å²) in [7, 11) is 1.69. The lowest BCUT2D eigenvalue weighted by atomic mass is 9.91. The van der Waals surface area contributed by atoms with Crippen molar-refractivity contribution in [2.24, 2.45) is 5.92 Å². The Morgan fingerprint density at radius 2 is 1.72 bits per heavy atom. The van der Waals surface area contributed by atoms with Crippen LogP contribution in [0.25, 0.3) is 0 Å². The van der Waals surface area contributed by atoms with Gasteiger partial charge >= 0.3 is 0 Å². The third kappa shape index (κ3) is 3.24. The number of rotatable bonds is 6. The van der Waals surface area contributed by atoms with Crippen LogP contribution in [0.3, 0.4) is 0 Å². The summed E-state index contributed by atoms with van der Waals surface area (Å²) in [6, 6.07) is 2.06. The zero-order valence-electron chi connectivity index (χ0n) is 11.8. The fourth-order valence-corrected chi connectivity index (χ4v) is 2.28. The summed E-state index contributed by atoms with van der Waals surface area (Å²) in [5.74, 6) is 0.904. The molecule has 102 valence electrons. The van der Waals surface area contributed by atoms with Crippen LogP contribution in [0.1, 0.15) is 28.7 Å². The maximum absolute atomic E-state index is 9.10. The lowest BCUT2D eigenvalue weighted by Crippen LogP contribution is -2.13. The maximum Gasteiger partial charge on any atom is 0.122 e. The molecule has 18 heavy (non-hydrogen) atoms. The predicted octanol–water partition coefficient (Wildman–Crippen LogP) is 2.15. The van der Waals surface area contributed by atoms with Crippen LogP contribution in [-0.4, -0.2) is 30.5 Å². The van der Waals surface area contributed by atoms with Gasteiger partial charge in [-0.3, -0.25) is 0 Å². The molecular weight excluding hydrogens is 228 g/mol. The van der Waals surface area contributed by atoms with E-state index in [1.54, 1.807) is 7.11 Å². The average Bonchev–Trinajstić information content (AvgIpc) is 2.38. The Kier molecular flexibility index (Phi) is 5.63. The number of aryl methyl sites for hydroxylation is 1. The van der Waals surface area contributed by atoms with Crippen LogP contribution >= 0.6 is 0 Å². The normalized spacial score (nSPS) is 11.1. The van der Waals surface area contributed by atoms with Crippen LogP contribution in [0.4, 0.5) is 0 Å². The van der Waals surface area contributed by atoms with Gasteiger partial charge in [0.2, 0.25) is 0 Å². The lowest BCUT2D eigenvalue weighted by Gasteiger charge is -2.17. The number of methoxy groups -OCH3 is 1. The van der Waals surface area contributed by atoms with E-state index < -0.39 is 0 Å². The van der Waals surface area contributed by atoms with E-state index >= 15 is 0 Å². The summed E-state index contributed by atoms with van der Waals surface area (Å²) < 4.78 is 5.35. The van der Waals surface area contributed by atoms with E-state index in [0.29, 0.717) is 0 Å². The maximum atomic E-state index is 9.10. The molecule has 0 atom stereocenters. The highest BCUT2D eigenvalue weighted by molar-refractivity contribution is 5.48. The molecule has 1 aromatic rings. The molecule has 3 nitrogen and oxygen atoms in total. The SMILES string of the molecule is COc1cc(C)c(CCC(CO)CO)c(C)c1C. The first kappa shape index (κ1) is 15.0. The number of aliphatic hydroxyl groups is 2. The van der Waals surface area contributed by atoms with Gasteiger partial charge in [0.1, 0.15) is 5.75 Å². The monoisotopic (exact) mass is 252 g/mol. The Labute approximate surface area is 109 Å². The Morgan fingerprint density at radius 1 is 1.11 bits per heavy atom. The van der Waals surface area contributed by atoms with Gasteiger partial charge in [-0.25, -0.2) is 0 Å². The molecule has 0 spiro atoms. The first-order valence-electron chi connectivity index (χ1n) is 6.40. The molecule has 0 aliphatic heterocycles.